The van der Waals surface area contributed by atoms with E-state index in [1.54, 1.807) is 18.2 Å². The zero-order chi connectivity index (χ0) is 13.1. The van der Waals surface area contributed by atoms with E-state index < -0.39 is 0 Å². The van der Waals surface area contributed by atoms with Crippen LogP contribution >= 0.6 is 0 Å². The second-order valence-electron chi connectivity index (χ2n) is 4.41. The molecule has 0 saturated carbocycles. The van der Waals surface area contributed by atoms with E-state index in [4.69, 9.17) is 19.0 Å². The maximum Gasteiger partial charge on any atom is 0.275 e. The molecule has 102 valence electrons. The lowest BCUT2D eigenvalue weighted by atomic mass is 10.2. The van der Waals surface area contributed by atoms with E-state index in [1.807, 2.05) is 0 Å². The quantitative estimate of drug-likeness (QED) is 0.841. The summed E-state index contributed by atoms with van der Waals surface area (Å²) in [7, 11) is 0. The molecule has 19 heavy (non-hydrogen) atoms. The van der Waals surface area contributed by atoms with E-state index in [2.05, 4.69) is 5.48 Å². The summed E-state index contributed by atoms with van der Waals surface area (Å²) in [5.41, 5.74) is 2.86. The molecule has 1 aromatic rings. The van der Waals surface area contributed by atoms with Gasteiger partial charge in [0.2, 0.25) is 6.79 Å². The zero-order valence-electron chi connectivity index (χ0n) is 10.4. The summed E-state index contributed by atoms with van der Waals surface area (Å²) in [5.74, 6) is 0.891. The molecule has 1 fully saturated rings. The van der Waals surface area contributed by atoms with Gasteiger partial charge in [0.1, 0.15) is 0 Å². The van der Waals surface area contributed by atoms with Gasteiger partial charge in [0, 0.05) is 18.6 Å². The van der Waals surface area contributed by atoms with Crippen molar-refractivity contribution < 1.29 is 23.8 Å². The lowest BCUT2D eigenvalue weighted by Gasteiger charge is -2.22. The average molecular weight is 265 g/mol. The molecule has 1 atom stereocenters. The monoisotopic (exact) mass is 265 g/mol. The van der Waals surface area contributed by atoms with Crippen molar-refractivity contribution in [2.24, 2.45) is 0 Å². The van der Waals surface area contributed by atoms with Gasteiger partial charge in [-0.05, 0) is 31.0 Å². The highest BCUT2D eigenvalue weighted by Crippen LogP contribution is 2.32. The first-order valence-electron chi connectivity index (χ1n) is 6.30. The summed E-state index contributed by atoms with van der Waals surface area (Å²) in [4.78, 5) is 17.1. The molecule has 2 heterocycles. The van der Waals surface area contributed by atoms with Gasteiger partial charge in [-0.15, -0.1) is 0 Å². The van der Waals surface area contributed by atoms with E-state index in [0.717, 1.165) is 19.3 Å². The Morgan fingerprint density at radius 1 is 1.26 bits per heavy atom. The Labute approximate surface area is 110 Å². The summed E-state index contributed by atoms with van der Waals surface area (Å²) in [5, 5.41) is 0. The molecular formula is C13H15NO5. The second kappa shape index (κ2) is 5.46. The molecule has 0 unspecified atom stereocenters. The highest BCUT2D eigenvalue weighted by Gasteiger charge is 2.18. The summed E-state index contributed by atoms with van der Waals surface area (Å²) < 4.78 is 15.8. The van der Waals surface area contributed by atoms with Crippen LogP contribution in [0.4, 0.5) is 0 Å². The fraction of sp³-hybridized carbons (Fsp3) is 0.462. The standard InChI is InChI=1S/C13H15NO5/c15-13(14-19-12-3-1-2-6-16-12)9-4-5-10-11(7-9)18-8-17-10/h4-5,7,12H,1-3,6,8H2,(H,14,15)/t12-/m0/s1. The number of hydroxylamine groups is 1. The average Bonchev–Trinajstić information content (AvgIpc) is 2.93. The van der Waals surface area contributed by atoms with Crippen LogP contribution in [0.5, 0.6) is 11.5 Å². The Bertz CT molecular complexity index is 470. The van der Waals surface area contributed by atoms with Gasteiger partial charge in [0.05, 0.1) is 0 Å². The van der Waals surface area contributed by atoms with Crippen molar-refractivity contribution in [2.45, 2.75) is 25.6 Å². The minimum Gasteiger partial charge on any atom is -0.454 e. The number of benzene rings is 1. The van der Waals surface area contributed by atoms with Crippen LogP contribution < -0.4 is 15.0 Å². The van der Waals surface area contributed by atoms with Gasteiger partial charge in [-0.25, -0.2) is 10.3 Å². The molecule has 1 N–H and O–H groups in total. The van der Waals surface area contributed by atoms with Crippen molar-refractivity contribution >= 4 is 5.91 Å². The fourth-order valence-electron chi connectivity index (χ4n) is 2.02. The summed E-state index contributed by atoms with van der Waals surface area (Å²) in [6.07, 6.45) is 2.52. The van der Waals surface area contributed by atoms with Gasteiger partial charge < -0.3 is 14.2 Å². The lowest BCUT2D eigenvalue weighted by molar-refractivity contribution is -0.186. The number of carbonyl (C=O) groups is 1. The molecule has 0 spiro atoms. The van der Waals surface area contributed by atoms with Crippen LogP contribution in [0, 0.1) is 0 Å². The van der Waals surface area contributed by atoms with Crippen molar-refractivity contribution in [1.82, 2.24) is 5.48 Å². The van der Waals surface area contributed by atoms with Crippen molar-refractivity contribution in [3.05, 3.63) is 23.8 Å². The summed E-state index contributed by atoms with van der Waals surface area (Å²) in [6.45, 7) is 0.859. The fourth-order valence-corrected chi connectivity index (χ4v) is 2.02. The van der Waals surface area contributed by atoms with Crippen molar-refractivity contribution in [1.29, 1.82) is 0 Å². The van der Waals surface area contributed by atoms with E-state index >= 15 is 0 Å². The van der Waals surface area contributed by atoms with Gasteiger partial charge >= 0.3 is 0 Å². The number of carbonyl (C=O) groups excluding carboxylic acids is 1. The van der Waals surface area contributed by atoms with Crippen LogP contribution in [0.25, 0.3) is 0 Å². The van der Waals surface area contributed by atoms with Crippen LogP contribution in [0.15, 0.2) is 18.2 Å². The van der Waals surface area contributed by atoms with E-state index in [0.29, 0.717) is 23.7 Å². The lowest BCUT2D eigenvalue weighted by Crippen LogP contribution is -2.33. The van der Waals surface area contributed by atoms with Gasteiger partial charge in [0.25, 0.3) is 5.91 Å². The molecule has 3 rings (SSSR count). The largest absolute Gasteiger partial charge is 0.454 e. The first kappa shape index (κ1) is 12.3. The van der Waals surface area contributed by atoms with E-state index in [1.165, 1.54) is 0 Å². The van der Waals surface area contributed by atoms with E-state index in [-0.39, 0.29) is 19.0 Å². The van der Waals surface area contributed by atoms with Crippen molar-refractivity contribution in [3.63, 3.8) is 0 Å². The molecule has 1 aromatic carbocycles. The van der Waals surface area contributed by atoms with Crippen LogP contribution in [0.1, 0.15) is 29.6 Å². The third-order valence-corrected chi connectivity index (χ3v) is 3.06. The molecule has 6 heteroatoms. The Morgan fingerprint density at radius 2 is 2.16 bits per heavy atom. The number of hydrogen-bond donors (Lipinski definition) is 1. The van der Waals surface area contributed by atoms with Crippen molar-refractivity contribution in [3.8, 4) is 11.5 Å². The Morgan fingerprint density at radius 3 is 3.00 bits per heavy atom. The van der Waals surface area contributed by atoms with Crippen LogP contribution in [-0.2, 0) is 9.57 Å². The normalized spacial score (nSPS) is 21.2. The predicted octanol–water partition coefficient (Wildman–Crippen LogP) is 1.60. The second-order valence-corrected chi connectivity index (χ2v) is 4.41. The molecule has 0 bridgehead atoms. The Hall–Kier alpha value is -1.79. The molecule has 2 aliphatic rings. The molecule has 1 amide bonds. The SMILES string of the molecule is O=C(NO[C@H]1CCCCO1)c1ccc2c(c1)OCO2. The molecular weight excluding hydrogens is 250 g/mol. The number of fused-ring (bicyclic) bond motifs is 1. The predicted molar refractivity (Wildman–Crippen MR) is 64.7 cm³/mol. The minimum atomic E-state index is -0.355. The highest BCUT2D eigenvalue weighted by molar-refractivity contribution is 5.94. The van der Waals surface area contributed by atoms with Crippen molar-refractivity contribution in [2.75, 3.05) is 13.4 Å². The van der Waals surface area contributed by atoms with Gasteiger partial charge in [-0.1, -0.05) is 0 Å². The van der Waals surface area contributed by atoms with E-state index in [9.17, 15) is 4.79 Å². The summed E-state index contributed by atoms with van der Waals surface area (Å²) in [6, 6.07) is 4.99. The first-order chi connectivity index (χ1) is 9.33. The number of hydrogen-bond acceptors (Lipinski definition) is 5. The number of ether oxygens (including phenoxy) is 3. The topological polar surface area (TPSA) is 66.0 Å². The molecule has 6 nitrogen and oxygen atoms in total. The number of nitrogens with one attached hydrogen (secondary N) is 1. The molecule has 0 aliphatic carbocycles. The first-order valence-corrected chi connectivity index (χ1v) is 6.30. The Kier molecular flexibility index (Phi) is 3.52. The molecule has 0 aromatic heterocycles. The van der Waals surface area contributed by atoms with Crippen LogP contribution in [-0.4, -0.2) is 25.6 Å². The van der Waals surface area contributed by atoms with Crippen LogP contribution in [0.2, 0.25) is 0 Å². The number of amides is 1. The van der Waals surface area contributed by atoms with Gasteiger partial charge in [-0.2, -0.15) is 0 Å². The molecule has 1 saturated heterocycles. The molecule has 0 radical (unpaired) electrons. The maximum absolute atomic E-state index is 11.9. The van der Waals surface area contributed by atoms with Gasteiger partial charge in [0.15, 0.2) is 17.8 Å². The zero-order valence-corrected chi connectivity index (χ0v) is 10.4. The van der Waals surface area contributed by atoms with Gasteiger partial charge in [-0.3, -0.25) is 4.79 Å². The molecule has 2 aliphatic heterocycles. The Balaban J connectivity index is 1.57. The van der Waals surface area contributed by atoms with Crippen LogP contribution in [0.3, 0.4) is 0 Å². The summed E-state index contributed by atoms with van der Waals surface area (Å²) >= 11 is 0. The number of rotatable bonds is 3. The maximum atomic E-state index is 11.9. The highest BCUT2D eigenvalue weighted by atomic mass is 16.8. The minimum absolute atomic E-state index is 0.187. The third kappa shape index (κ3) is 2.80. The smallest absolute Gasteiger partial charge is 0.275 e. The third-order valence-electron chi connectivity index (χ3n) is 3.06.